The van der Waals surface area contributed by atoms with Crippen molar-refractivity contribution >= 4 is 11.6 Å². The standard InChI is InChI=1S/C22H23F5N2O5/c1-10(30)17(31)15-8-11(6-7-28-15)29-20(32)19-13(9-21(2,34-19)22(25,26)27)12-4-5-14(23)16(24)18(12)33-3/h4-8,10,13,17,19,30-31H,9H2,1-3H3,(H,28,29,32)/t10-,13-,17-,19+,21+/m0/s1. The molecule has 1 fully saturated rings. The van der Waals surface area contributed by atoms with Crippen molar-refractivity contribution in [3.05, 3.63) is 53.4 Å². The quantitative estimate of drug-likeness (QED) is 0.535. The molecule has 3 N–H and O–H groups in total. The first-order chi connectivity index (χ1) is 15.8. The SMILES string of the molecule is COc1c([C@@H]2C[C@](C)(C(F)(F)F)O[C@H]2C(=O)Nc2ccnc([C@@H](O)[C@H](C)O)c2)ccc(F)c1F. The number of carbonyl (C=O) groups is 1. The smallest absolute Gasteiger partial charge is 0.417 e. The lowest BCUT2D eigenvalue weighted by molar-refractivity contribution is -0.261. The van der Waals surface area contributed by atoms with E-state index in [0.29, 0.717) is 0 Å². The van der Waals surface area contributed by atoms with Crippen LogP contribution in [0.4, 0.5) is 27.6 Å². The highest BCUT2D eigenvalue weighted by molar-refractivity contribution is 5.95. The van der Waals surface area contributed by atoms with Crippen molar-refractivity contribution in [2.45, 2.75) is 56.3 Å². The summed E-state index contributed by atoms with van der Waals surface area (Å²) in [5.74, 6) is -5.61. The molecule has 5 atom stereocenters. The number of nitrogens with one attached hydrogen (secondary N) is 1. The van der Waals surface area contributed by atoms with Crippen molar-refractivity contribution in [1.82, 2.24) is 4.98 Å². The number of carbonyl (C=O) groups excluding carboxylic acids is 1. The van der Waals surface area contributed by atoms with Gasteiger partial charge in [-0.15, -0.1) is 0 Å². The number of anilines is 1. The largest absolute Gasteiger partial charge is 0.493 e. The molecule has 186 valence electrons. The molecule has 0 saturated carbocycles. The van der Waals surface area contributed by atoms with E-state index in [-0.39, 0.29) is 16.9 Å². The molecule has 2 heterocycles. The minimum atomic E-state index is -4.86. The van der Waals surface area contributed by atoms with Crippen LogP contribution < -0.4 is 10.1 Å². The summed E-state index contributed by atoms with van der Waals surface area (Å²) < 4.78 is 79.3. The van der Waals surface area contributed by atoms with Gasteiger partial charge in [-0.1, -0.05) is 6.07 Å². The summed E-state index contributed by atoms with van der Waals surface area (Å²) in [5, 5.41) is 21.9. The third-order valence-electron chi connectivity index (χ3n) is 5.71. The van der Waals surface area contributed by atoms with Gasteiger partial charge in [0.1, 0.15) is 12.2 Å². The minimum absolute atomic E-state index is 0.0131. The van der Waals surface area contributed by atoms with E-state index in [4.69, 9.17) is 9.47 Å². The molecule has 12 heteroatoms. The number of amides is 1. The van der Waals surface area contributed by atoms with Gasteiger partial charge in [0.2, 0.25) is 5.82 Å². The number of ether oxygens (including phenoxy) is 2. The van der Waals surface area contributed by atoms with E-state index in [1.807, 2.05) is 0 Å². The zero-order chi connectivity index (χ0) is 25.4. The molecule has 1 aliphatic heterocycles. The van der Waals surface area contributed by atoms with E-state index in [2.05, 4.69) is 10.3 Å². The average Bonchev–Trinajstić information content (AvgIpc) is 3.14. The topological polar surface area (TPSA) is 101 Å². The fraction of sp³-hybridized carbons (Fsp3) is 0.455. The highest BCUT2D eigenvalue weighted by atomic mass is 19.4. The lowest BCUT2D eigenvalue weighted by atomic mass is 9.85. The summed E-state index contributed by atoms with van der Waals surface area (Å²) in [6.45, 7) is 2.09. The van der Waals surface area contributed by atoms with Crippen LogP contribution in [0.25, 0.3) is 0 Å². The van der Waals surface area contributed by atoms with Crippen LogP contribution in [0.1, 0.15) is 43.5 Å². The molecule has 1 aromatic heterocycles. The van der Waals surface area contributed by atoms with Gasteiger partial charge >= 0.3 is 6.18 Å². The Morgan fingerprint density at radius 3 is 2.56 bits per heavy atom. The van der Waals surface area contributed by atoms with Crippen LogP contribution in [0.2, 0.25) is 0 Å². The highest BCUT2D eigenvalue weighted by Crippen LogP contribution is 2.51. The zero-order valence-electron chi connectivity index (χ0n) is 18.4. The second-order valence-electron chi connectivity index (χ2n) is 8.21. The van der Waals surface area contributed by atoms with Crippen molar-refractivity contribution in [1.29, 1.82) is 0 Å². The summed E-state index contributed by atoms with van der Waals surface area (Å²) >= 11 is 0. The van der Waals surface area contributed by atoms with E-state index >= 15 is 0 Å². The lowest BCUT2D eigenvalue weighted by Crippen LogP contribution is -2.43. The molecule has 7 nitrogen and oxygen atoms in total. The predicted molar refractivity (Wildman–Crippen MR) is 109 cm³/mol. The molecule has 1 amide bonds. The second kappa shape index (κ2) is 9.43. The van der Waals surface area contributed by atoms with Crippen LogP contribution in [-0.2, 0) is 9.53 Å². The number of aliphatic hydroxyl groups excluding tert-OH is 2. The number of benzene rings is 1. The van der Waals surface area contributed by atoms with Gasteiger partial charge in [0.15, 0.2) is 17.2 Å². The van der Waals surface area contributed by atoms with Crippen LogP contribution in [0.15, 0.2) is 30.5 Å². The molecule has 34 heavy (non-hydrogen) atoms. The molecule has 1 aliphatic rings. The molecule has 3 rings (SSSR count). The Bertz CT molecular complexity index is 1060. The maximum Gasteiger partial charge on any atom is 0.417 e. The fourth-order valence-electron chi connectivity index (χ4n) is 3.82. The number of alkyl halides is 3. The Balaban J connectivity index is 1.98. The molecule has 0 radical (unpaired) electrons. The van der Waals surface area contributed by atoms with Crippen LogP contribution in [-0.4, -0.2) is 52.2 Å². The summed E-state index contributed by atoms with van der Waals surface area (Å²) in [6, 6.07) is 4.34. The number of hydrogen-bond acceptors (Lipinski definition) is 6. The van der Waals surface area contributed by atoms with E-state index in [9.17, 15) is 37.0 Å². The molecule has 1 aromatic carbocycles. The van der Waals surface area contributed by atoms with Gasteiger partial charge in [-0.05, 0) is 38.5 Å². The number of nitrogens with zero attached hydrogens (tertiary/aromatic N) is 1. The van der Waals surface area contributed by atoms with Gasteiger partial charge in [0.25, 0.3) is 5.91 Å². The van der Waals surface area contributed by atoms with Crippen molar-refractivity contribution in [3.8, 4) is 5.75 Å². The van der Waals surface area contributed by atoms with Gasteiger partial charge < -0.3 is 25.0 Å². The van der Waals surface area contributed by atoms with Crippen LogP contribution in [0.3, 0.4) is 0 Å². The van der Waals surface area contributed by atoms with E-state index in [1.54, 1.807) is 0 Å². The molecule has 2 aromatic rings. The number of rotatable bonds is 6. The second-order valence-corrected chi connectivity index (χ2v) is 8.21. The van der Waals surface area contributed by atoms with E-state index in [1.165, 1.54) is 25.3 Å². The van der Waals surface area contributed by atoms with Gasteiger partial charge in [-0.2, -0.15) is 17.6 Å². The number of aromatic nitrogens is 1. The first kappa shape index (κ1) is 25.8. The van der Waals surface area contributed by atoms with Gasteiger partial charge in [0, 0.05) is 23.4 Å². The first-order valence-electron chi connectivity index (χ1n) is 10.2. The fourth-order valence-corrected chi connectivity index (χ4v) is 3.82. The maximum atomic E-state index is 14.3. The number of aliphatic hydroxyl groups is 2. The summed E-state index contributed by atoms with van der Waals surface area (Å²) in [4.78, 5) is 16.9. The lowest BCUT2D eigenvalue weighted by Gasteiger charge is -2.27. The van der Waals surface area contributed by atoms with Crippen LogP contribution >= 0.6 is 0 Å². The number of hydrogen-bond donors (Lipinski definition) is 3. The van der Waals surface area contributed by atoms with Crippen molar-refractivity contribution in [2.24, 2.45) is 0 Å². The van der Waals surface area contributed by atoms with Gasteiger partial charge in [0.05, 0.1) is 18.9 Å². The summed E-state index contributed by atoms with van der Waals surface area (Å²) in [7, 11) is 1.03. The van der Waals surface area contributed by atoms with Crippen molar-refractivity contribution < 1.29 is 46.4 Å². The molecule has 1 saturated heterocycles. The normalized spacial score (nSPS) is 24.5. The molecular weight excluding hydrogens is 467 g/mol. The third-order valence-corrected chi connectivity index (χ3v) is 5.71. The van der Waals surface area contributed by atoms with Crippen molar-refractivity contribution in [3.63, 3.8) is 0 Å². The monoisotopic (exact) mass is 490 g/mol. The Morgan fingerprint density at radius 2 is 1.97 bits per heavy atom. The zero-order valence-corrected chi connectivity index (χ0v) is 18.4. The maximum absolute atomic E-state index is 14.3. The van der Waals surface area contributed by atoms with Crippen LogP contribution in [0.5, 0.6) is 5.75 Å². The van der Waals surface area contributed by atoms with Gasteiger partial charge in [-0.25, -0.2) is 4.39 Å². The third kappa shape index (κ3) is 4.84. The summed E-state index contributed by atoms with van der Waals surface area (Å²) in [5.41, 5.74) is -2.83. The van der Waals surface area contributed by atoms with Crippen molar-refractivity contribution in [2.75, 3.05) is 12.4 Å². The minimum Gasteiger partial charge on any atom is -0.493 e. The number of halogens is 5. The number of methoxy groups -OCH3 is 1. The Morgan fingerprint density at radius 1 is 1.29 bits per heavy atom. The number of pyridine rings is 1. The first-order valence-corrected chi connectivity index (χ1v) is 10.2. The molecule has 0 spiro atoms. The highest BCUT2D eigenvalue weighted by Gasteiger charge is 2.61. The molecule has 0 unspecified atom stereocenters. The Kier molecular flexibility index (Phi) is 7.15. The van der Waals surface area contributed by atoms with E-state index < -0.39 is 65.7 Å². The van der Waals surface area contributed by atoms with E-state index in [0.717, 1.165) is 26.2 Å². The van der Waals surface area contributed by atoms with Gasteiger partial charge in [-0.3, -0.25) is 9.78 Å². The molecule has 0 aliphatic carbocycles. The molecular formula is C22H23F5N2O5. The predicted octanol–water partition coefficient (Wildman–Crippen LogP) is 3.61. The van der Waals surface area contributed by atoms with Crippen LogP contribution in [0, 0.1) is 11.6 Å². The Hall–Kier alpha value is -2.83. The summed E-state index contributed by atoms with van der Waals surface area (Å²) in [6.07, 6.45) is -8.68. The average molecular weight is 490 g/mol. The Labute approximate surface area is 191 Å². The molecule has 0 bridgehead atoms.